The van der Waals surface area contributed by atoms with Gasteiger partial charge in [-0.25, -0.2) is 4.79 Å². The van der Waals surface area contributed by atoms with Crippen molar-refractivity contribution in [1.82, 2.24) is 10.6 Å². The van der Waals surface area contributed by atoms with Gasteiger partial charge in [0.05, 0.1) is 12.6 Å². The van der Waals surface area contributed by atoms with E-state index >= 15 is 0 Å². The van der Waals surface area contributed by atoms with Gasteiger partial charge in [-0.2, -0.15) is 0 Å². The summed E-state index contributed by atoms with van der Waals surface area (Å²) in [6, 6.07) is 14.8. The molecule has 1 aliphatic heterocycles. The molecule has 1 atom stereocenters. The Kier molecular flexibility index (Phi) is 5.05. The highest BCUT2D eigenvalue weighted by molar-refractivity contribution is 5.74. The van der Waals surface area contributed by atoms with Gasteiger partial charge in [0.2, 0.25) is 6.79 Å². The summed E-state index contributed by atoms with van der Waals surface area (Å²) in [6.45, 7) is 2.99. The van der Waals surface area contributed by atoms with Gasteiger partial charge in [0, 0.05) is 0 Å². The number of para-hydroxylation sites is 1. The summed E-state index contributed by atoms with van der Waals surface area (Å²) in [5.74, 6) is 2.22. The second-order valence-corrected chi connectivity index (χ2v) is 5.40. The smallest absolute Gasteiger partial charge is 0.315 e. The highest BCUT2D eigenvalue weighted by Gasteiger charge is 2.16. The maximum absolute atomic E-state index is 11.9. The van der Waals surface area contributed by atoms with E-state index in [1.807, 2.05) is 55.5 Å². The Labute approximate surface area is 140 Å². The lowest BCUT2D eigenvalue weighted by atomic mass is 10.1. The van der Waals surface area contributed by atoms with Crippen LogP contribution in [0.1, 0.15) is 18.5 Å². The van der Waals surface area contributed by atoms with Crippen LogP contribution in [0.3, 0.4) is 0 Å². The molecule has 0 aromatic heterocycles. The number of hydrogen-bond acceptors (Lipinski definition) is 4. The van der Waals surface area contributed by atoms with Gasteiger partial charge in [-0.15, -0.1) is 0 Å². The Morgan fingerprint density at radius 1 is 1.17 bits per heavy atom. The van der Waals surface area contributed by atoms with Crippen LogP contribution in [0.2, 0.25) is 0 Å². The molecule has 2 aromatic carbocycles. The first kappa shape index (κ1) is 16.0. The molecule has 3 rings (SSSR count). The SMILES string of the molecule is CC(NC(=O)NCCOc1ccccc1)c1ccc2c(c1)OCO2. The largest absolute Gasteiger partial charge is 0.492 e. The third kappa shape index (κ3) is 4.10. The van der Waals surface area contributed by atoms with E-state index in [9.17, 15) is 4.79 Å². The van der Waals surface area contributed by atoms with Crippen molar-refractivity contribution in [3.8, 4) is 17.2 Å². The summed E-state index contributed by atoms with van der Waals surface area (Å²) in [6.07, 6.45) is 0. The molecular formula is C18H20N2O4. The fourth-order valence-electron chi connectivity index (χ4n) is 2.36. The Balaban J connectivity index is 1.41. The Hall–Kier alpha value is -2.89. The zero-order valence-corrected chi connectivity index (χ0v) is 13.5. The fraction of sp³-hybridized carbons (Fsp3) is 0.278. The minimum Gasteiger partial charge on any atom is -0.492 e. The number of nitrogens with one attached hydrogen (secondary N) is 2. The molecular weight excluding hydrogens is 308 g/mol. The van der Waals surface area contributed by atoms with Gasteiger partial charge in [-0.05, 0) is 36.8 Å². The maximum atomic E-state index is 11.9. The molecule has 2 amide bonds. The quantitative estimate of drug-likeness (QED) is 0.800. The van der Waals surface area contributed by atoms with Gasteiger partial charge >= 0.3 is 6.03 Å². The Morgan fingerprint density at radius 2 is 1.96 bits per heavy atom. The number of urea groups is 1. The number of fused-ring (bicyclic) bond motifs is 1. The second kappa shape index (κ2) is 7.59. The van der Waals surface area contributed by atoms with Gasteiger partial charge in [0.25, 0.3) is 0 Å². The van der Waals surface area contributed by atoms with Crippen molar-refractivity contribution in [2.45, 2.75) is 13.0 Å². The highest BCUT2D eigenvalue weighted by atomic mass is 16.7. The van der Waals surface area contributed by atoms with E-state index in [0.29, 0.717) is 18.9 Å². The van der Waals surface area contributed by atoms with Crippen molar-refractivity contribution in [1.29, 1.82) is 0 Å². The molecule has 126 valence electrons. The van der Waals surface area contributed by atoms with E-state index in [1.165, 1.54) is 0 Å². The molecule has 0 bridgehead atoms. The van der Waals surface area contributed by atoms with Crippen molar-refractivity contribution in [3.63, 3.8) is 0 Å². The van der Waals surface area contributed by atoms with Crippen LogP contribution in [0, 0.1) is 0 Å². The molecule has 0 fully saturated rings. The molecule has 2 N–H and O–H groups in total. The summed E-state index contributed by atoms with van der Waals surface area (Å²) >= 11 is 0. The predicted molar refractivity (Wildman–Crippen MR) is 89.5 cm³/mol. The number of amides is 2. The lowest BCUT2D eigenvalue weighted by Crippen LogP contribution is -2.38. The number of rotatable bonds is 6. The zero-order valence-electron chi connectivity index (χ0n) is 13.5. The fourth-order valence-corrected chi connectivity index (χ4v) is 2.36. The third-order valence-corrected chi connectivity index (χ3v) is 3.64. The molecule has 6 nitrogen and oxygen atoms in total. The van der Waals surface area contributed by atoms with Crippen LogP contribution >= 0.6 is 0 Å². The first-order valence-electron chi connectivity index (χ1n) is 7.84. The zero-order chi connectivity index (χ0) is 16.8. The molecule has 24 heavy (non-hydrogen) atoms. The molecule has 0 aliphatic carbocycles. The van der Waals surface area contributed by atoms with Crippen LogP contribution in [0.4, 0.5) is 4.79 Å². The lowest BCUT2D eigenvalue weighted by Gasteiger charge is -2.15. The third-order valence-electron chi connectivity index (χ3n) is 3.64. The van der Waals surface area contributed by atoms with Crippen molar-refractivity contribution >= 4 is 6.03 Å². The number of carbonyl (C=O) groups excluding carboxylic acids is 1. The van der Waals surface area contributed by atoms with E-state index in [4.69, 9.17) is 14.2 Å². The first-order valence-corrected chi connectivity index (χ1v) is 7.84. The van der Waals surface area contributed by atoms with Gasteiger partial charge < -0.3 is 24.8 Å². The molecule has 2 aromatic rings. The monoisotopic (exact) mass is 328 g/mol. The summed E-state index contributed by atoms with van der Waals surface area (Å²) in [7, 11) is 0. The molecule has 6 heteroatoms. The van der Waals surface area contributed by atoms with Crippen LogP contribution in [-0.4, -0.2) is 26.0 Å². The standard InChI is InChI=1S/C18H20N2O4/c1-13(14-7-8-16-17(11-14)24-12-23-16)20-18(21)19-9-10-22-15-5-3-2-4-6-15/h2-8,11,13H,9-10,12H2,1H3,(H2,19,20,21). The maximum Gasteiger partial charge on any atom is 0.315 e. The number of carbonyl (C=O) groups is 1. The number of benzene rings is 2. The summed E-state index contributed by atoms with van der Waals surface area (Å²) in [4.78, 5) is 11.9. The van der Waals surface area contributed by atoms with Crippen LogP contribution in [0.15, 0.2) is 48.5 Å². The summed E-state index contributed by atoms with van der Waals surface area (Å²) in [5, 5.41) is 5.66. The summed E-state index contributed by atoms with van der Waals surface area (Å²) < 4.78 is 16.2. The predicted octanol–water partition coefficient (Wildman–Crippen LogP) is 2.85. The van der Waals surface area contributed by atoms with E-state index in [2.05, 4.69) is 10.6 Å². The second-order valence-electron chi connectivity index (χ2n) is 5.40. The molecule has 1 unspecified atom stereocenters. The molecule has 1 heterocycles. The van der Waals surface area contributed by atoms with Crippen LogP contribution < -0.4 is 24.8 Å². The van der Waals surface area contributed by atoms with Crippen LogP contribution in [-0.2, 0) is 0 Å². The van der Waals surface area contributed by atoms with Crippen LogP contribution in [0.5, 0.6) is 17.2 Å². The molecule has 1 aliphatic rings. The average molecular weight is 328 g/mol. The number of hydrogen-bond donors (Lipinski definition) is 2. The molecule has 0 radical (unpaired) electrons. The average Bonchev–Trinajstić information content (AvgIpc) is 3.07. The van der Waals surface area contributed by atoms with E-state index < -0.39 is 0 Å². The molecule has 0 saturated carbocycles. The van der Waals surface area contributed by atoms with Crippen molar-refractivity contribution < 1.29 is 19.0 Å². The van der Waals surface area contributed by atoms with E-state index in [0.717, 1.165) is 17.1 Å². The van der Waals surface area contributed by atoms with Crippen molar-refractivity contribution in [2.24, 2.45) is 0 Å². The Morgan fingerprint density at radius 3 is 2.79 bits per heavy atom. The summed E-state index contributed by atoms with van der Waals surface area (Å²) in [5.41, 5.74) is 0.954. The van der Waals surface area contributed by atoms with Crippen molar-refractivity contribution in [3.05, 3.63) is 54.1 Å². The van der Waals surface area contributed by atoms with Crippen molar-refractivity contribution in [2.75, 3.05) is 19.9 Å². The van der Waals surface area contributed by atoms with Gasteiger partial charge in [0.1, 0.15) is 12.4 Å². The minimum atomic E-state index is -0.239. The highest BCUT2D eigenvalue weighted by Crippen LogP contribution is 2.34. The Bertz CT molecular complexity index is 691. The molecule has 0 saturated heterocycles. The molecule has 0 spiro atoms. The van der Waals surface area contributed by atoms with E-state index in [1.54, 1.807) is 0 Å². The normalized spacial score (nSPS) is 13.2. The van der Waals surface area contributed by atoms with Crippen LogP contribution in [0.25, 0.3) is 0 Å². The topological polar surface area (TPSA) is 68.8 Å². The lowest BCUT2D eigenvalue weighted by molar-refractivity contribution is 0.174. The van der Waals surface area contributed by atoms with Gasteiger partial charge in [-0.1, -0.05) is 24.3 Å². The van der Waals surface area contributed by atoms with Gasteiger partial charge in [-0.3, -0.25) is 0 Å². The van der Waals surface area contributed by atoms with E-state index in [-0.39, 0.29) is 18.9 Å². The van der Waals surface area contributed by atoms with Gasteiger partial charge in [0.15, 0.2) is 11.5 Å². The minimum absolute atomic E-state index is 0.144. The number of ether oxygens (including phenoxy) is 3. The first-order chi connectivity index (χ1) is 11.7.